The Morgan fingerprint density at radius 3 is 2.95 bits per heavy atom. The van der Waals surface area contributed by atoms with Gasteiger partial charge in [-0.1, -0.05) is 29.8 Å². The quantitative estimate of drug-likeness (QED) is 0.907. The van der Waals surface area contributed by atoms with E-state index >= 15 is 0 Å². The molecule has 106 valence electrons. The maximum absolute atomic E-state index is 5.62. The van der Waals surface area contributed by atoms with Crippen LogP contribution in [0.25, 0.3) is 0 Å². The molecule has 1 saturated carbocycles. The molecule has 0 spiro atoms. The van der Waals surface area contributed by atoms with E-state index in [4.69, 9.17) is 9.26 Å². The molecule has 0 aliphatic heterocycles. The normalized spacial score (nSPS) is 22.1. The first-order chi connectivity index (χ1) is 9.86. The molecule has 0 saturated heterocycles. The van der Waals surface area contributed by atoms with E-state index in [1.165, 1.54) is 12.8 Å². The summed E-state index contributed by atoms with van der Waals surface area (Å²) in [5.41, 5.74) is 0. The van der Waals surface area contributed by atoms with Crippen molar-refractivity contribution in [2.45, 2.75) is 37.8 Å². The summed E-state index contributed by atoms with van der Waals surface area (Å²) in [4.78, 5) is 4.46. The summed E-state index contributed by atoms with van der Waals surface area (Å²) >= 11 is 0. The number of nitrogens with one attached hydrogen (secondary N) is 1. The molecule has 0 radical (unpaired) electrons. The fraction of sp³-hybridized carbons (Fsp3) is 0.467. The van der Waals surface area contributed by atoms with E-state index in [9.17, 15) is 0 Å². The van der Waals surface area contributed by atoms with E-state index in [0.29, 0.717) is 24.4 Å². The molecular formula is C15H19N3O2. The number of para-hydroxylation sites is 1. The van der Waals surface area contributed by atoms with Crippen LogP contribution in [0.3, 0.4) is 0 Å². The number of hydrogen-bond donors (Lipinski definition) is 1. The molecule has 5 nitrogen and oxygen atoms in total. The minimum Gasteiger partial charge on any atom is -0.485 e. The molecule has 1 heterocycles. The van der Waals surface area contributed by atoms with Crippen molar-refractivity contribution < 1.29 is 9.26 Å². The Balaban J connectivity index is 1.62. The zero-order valence-electron chi connectivity index (χ0n) is 11.6. The van der Waals surface area contributed by atoms with Gasteiger partial charge in [-0.25, -0.2) is 0 Å². The van der Waals surface area contributed by atoms with Crippen LogP contribution >= 0.6 is 0 Å². The Hall–Kier alpha value is -1.88. The third-order valence-electron chi connectivity index (χ3n) is 3.80. The van der Waals surface area contributed by atoms with Crippen molar-refractivity contribution in [3.63, 3.8) is 0 Å². The predicted octanol–water partition coefficient (Wildman–Crippen LogP) is 2.50. The number of nitrogens with zero attached hydrogens (tertiary/aromatic N) is 2. The molecule has 3 rings (SSSR count). The molecule has 20 heavy (non-hydrogen) atoms. The average molecular weight is 273 g/mol. The van der Waals surface area contributed by atoms with Crippen LogP contribution in [-0.4, -0.2) is 23.2 Å². The summed E-state index contributed by atoms with van der Waals surface area (Å²) in [6, 6.07) is 10.1. The van der Waals surface area contributed by atoms with Gasteiger partial charge in [0, 0.05) is 6.04 Å². The number of ether oxygens (including phenoxy) is 1. The van der Waals surface area contributed by atoms with Crippen LogP contribution in [0.4, 0.5) is 0 Å². The molecule has 1 N–H and O–H groups in total. The maximum atomic E-state index is 5.62. The van der Waals surface area contributed by atoms with Crippen LogP contribution < -0.4 is 10.1 Å². The highest BCUT2D eigenvalue weighted by Gasteiger charge is 2.31. The lowest BCUT2D eigenvalue weighted by molar-refractivity contribution is 0.282. The van der Waals surface area contributed by atoms with Crippen LogP contribution in [0.2, 0.25) is 0 Å². The van der Waals surface area contributed by atoms with Crippen molar-refractivity contribution in [3.05, 3.63) is 42.0 Å². The van der Waals surface area contributed by atoms with E-state index in [1.54, 1.807) is 0 Å². The molecular weight excluding hydrogens is 254 g/mol. The Kier molecular flexibility index (Phi) is 3.97. The van der Waals surface area contributed by atoms with Gasteiger partial charge in [0.05, 0.1) is 5.92 Å². The van der Waals surface area contributed by atoms with E-state index < -0.39 is 0 Å². The highest BCUT2D eigenvalue weighted by molar-refractivity contribution is 5.21. The minimum absolute atomic E-state index is 0.331. The summed E-state index contributed by atoms with van der Waals surface area (Å²) < 4.78 is 11.0. The van der Waals surface area contributed by atoms with Crippen molar-refractivity contribution in [2.75, 3.05) is 7.05 Å². The number of hydrogen-bond acceptors (Lipinski definition) is 5. The molecule has 1 aliphatic carbocycles. The molecule has 2 aromatic rings. The van der Waals surface area contributed by atoms with Crippen molar-refractivity contribution >= 4 is 0 Å². The first-order valence-corrected chi connectivity index (χ1v) is 7.04. The third kappa shape index (κ3) is 2.82. The van der Waals surface area contributed by atoms with Gasteiger partial charge in [-0.05, 0) is 32.0 Å². The van der Waals surface area contributed by atoms with Gasteiger partial charge in [-0.2, -0.15) is 4.98 Å². The lowest BCUT2D eigenvalue weighted by atomic mass is 10.0. The van der Waals surface area contributed by atoms with Gasteiger partial charge < -0.3 is 14.6 Å². The molecule has 2 unspecified atom stereocenters. The van der Waals surface area contributed by atoms with Crippen LogP contribution in [0.1, 0.15) is 36.9 Å². The zero-order chi connectivity index (χ0) is 13.8. The molecule has 1 aromatic heterocycles. The molecule has 1 fully saturated rings. The lowest BCUT2D eigenvalue weighted by Crippen LogP contribution is -2.27. The SMILES string of the molecule is CNC1CCCC1c1nc(COc2ccccc2)no1. The molecule has 1 aromatic carbocycles. The molecule has 1 aliphatic rings. The number of benzene rings is 1. The number of aromatic nitrogens is 2. The summed E-state index contributed by atoms with van der Waals surface area (Å²) in [5.74, 6) is 2.48. The third-order valence-corrected chi connectivity index (χ3v) is 3.80. The first kappa shape index (κ1) is 13.1. The Bertz CT molecular complexity index is 541. The van der Waals surface area contributed by atoms with Crippen molar-refractivity contribution in [2.24, 2.45) is 0 Å². The number of rotatable bonds is 5. The fourth-order valence-electron chi connectivity index (χ4n) is 2.74. The largest absolute Gasteiger partial charge is 0.485 e. The predicted molar refractivity (Wildman–Crippen MR) is 74.5 cm³/mol. The van der Waals surface area contributed by atoms with E-state index in [1.807, 2.05) is 37.4 Å². The van der Waals surface area contributed by atoms with Gasteiger partial charge in [0.15, 0.2) is 6.61 Å². The Morgan fingerprint density at radius 2 is 2.15 bits per heavy atom. The maximum Gasteiger partial charge on any atom is 0.231 e. The van der Waals surface area contributed by atoms with Gasteiger partial charge in [0.2, 0.25) is 11.7 Å². The van der Waals surface area contributed by atoms with Crippen LogP contribution in [0.15, 0.2) is 34.9 Å². The second-order valence-electron chi connectivity index (χ2n) is 5.08. The van der Waals surface area contributed by atoms with Gasteiger partial charge in [-0.3, -0.25) is 0 Å². The van der Waals surface area contributed by atoms with Gasteiger partial charge >= 0.3 is 0 Å². The zero-order valence-corrected chi connectivity index (χ0v) is 11.6. The van der Waals surface area contributed by atoms with Crippen molar-refractivity contribution in [1.82, 2.24) is 15.5 Å². The number of likely N-dealkylation sites (N-methyl/N-ethyl adjacent to an activating group) is 1. The van der Waals surface area contributed by atoms with Gasteiger partial charge in [0.1, 0.15) is 5.75 Å². The fourth-order valence-corrected chi connectivity index (χ4v) is 2.74. The van der Waals surface area contributed by atoms with E-state index in [-0.39, 0.29) is 0 Å². The Morgan fingerprint density at radius 1 is 1.30 bits per heavy atom. The van der Waals surface area contributed by atoms with Crippen molar-refractivity contribution in [3.8, 4) is 5.75 Å². The molecule has 2 atom stereocenters. The second kappa shape index (κ2) is 6.05. The van der Waals surface area contributed by atoms with Crippen molar-refractivity contribution in [1.29, 1.82) is 0 Å². The average Bonchev–Trinajstić information content (AvgIpc) is 3.14. The smallest absolute Gasteiger partial charge is 0.231 e. The van der Waals surface area contributed by atoms with Crippen LogP contribution in [-0.2, 0) is 6.61 Å². The van der Waals surface area contributed by atoms with Gasteiger partial charge in [0.25, 0.3) is 0 Å². The second-order valence-corrected chi connectivity index (χ2v) is 5.08. The van der Waals surface area contributed by atoms with E-state index in [2.05, 4.69) is 15.5 Å². The summed E-state index contributed by atoms with van der Waals surface area (Å²) in [7, 11) is 1.98. The van der Waals surface area contributed by atoms with Crippen LogP contribution in [0, 0.1) is 0 Å². The highest BCUT2D eigenvalue weighted by atomic mass is 16.5. The summed E-state index contributed by atoms with van der Waals surface area (Å²) in [6.45, 7) is 0.338. The summed E-state index contributed by atoms with van der Waals surface area (Å²) in [6.07, 6.45) is 3.47. The van der Waals surface area contributed by atoms with E-state index in [0.717, 1.165) is 18.1 Å². The first-order valence-electron chi connectivity index (χ1n) is 7.04. The summed E-state index contributed by atoms with van der Waals surface area (Å²) in [5, 5.41) is 7.33. The molecule has 5 heteroatoms. The topological polar surface area (TPSA) is 60.2 Å². The minimum atomic E-state index is 0.331. The highest BCUT2D eigenvalue weighted by Crippen LogP contribution is 2.33. The van der Waals surface area contributed by atoms with Crippen LogP contribution in [0.5, 0.6) is 5.75 Å². The standard InChI is InChI=1S/C15H19N3O2/c1-16-13-9-5-8-12(13)15-17-14(18-20-15)10-19-11-6-3-2-4-7-11/h2-4,6-7,12-13,16H,5,8-10H2,1H3. The Labute approximate surface area is 118 Å². The lowest BCUT2D eigenvalue weighted by Gasteiger charge is -2.14. The van der Waals surface area contributed by atoms with Gasteiger partial charge in [-0.15, -0.1) is 0 Å². The molecule has 0 amide bonds. The molecule has 0 bridgehead atoms. The monoisotopic (exact) mass is 273 g/mol.